The minimum Gasteiger partial charge on any atom is -0.488 e. The summed E-state index contributed by atoms with van der Waals surface area (Å²) in [7, 11) is 0. The Morgan fingerprint density at radius 1 is 1.26 bits per heavy atom. The van der Waals surface area contributed by atoms with Crippen molar-refractivity contribution in [2.45, 2.75) is 6.61 Å². The number of rotatable bonds is 6. The predicted molar refractivity (Wildman–Crippen MR) is 120 cm³/mol. The van der Waals surface area contributed by atoms with Crippen LogP contribution in [0.3, 0.4) is 0 Å². The molecule has 1 aliphatic rings. The van der Waals surface area contributed by atoms with Crippen LogP contribution < -0.4 is 4.74 Å². The summed E-state index contributed by atoms with van der Waals surface area (Å²) in [6.45, 7) is 4.52. The monoisotopic (exact) mass is 479 g/mol. The molecule has 3 rings (SSSR count). The number of hydrogen-bond acceptors (Lipinski definition) is 4. The topological polar surface area (TPSA) is 29.5 Å². The molecule has 0 unspecified atom stereocenters. The fourth-order valence-electron chi connectivity index (χ4n) is 2.40. The van der Waals surface area contributed by atoms with Crippen LogP contribution in [0, 0.1) is 0 Å². The van der Waals surface area contributed by atoms with Gasteiger partial charge < -0.3 is 4.74 Å². The van der Waals surface area contributed by atoms with Gasteiger partial charge in [-0.1, -0.05) is 59.9 Å². The maximum Gasteiger partial charge on any atom is 0.266 e. The molecule has 0 bridgehead atoms. The van der Waals surface area contributed by atoms with Crippen LogP contribution in [-0.2, 0) is 11.4 Å². The van der Waals surface area contributed by atoms with Crippen LogP contribution in [0.4, 0.5) is 0 Å². The number of carbonyl (C=O) groups is 1. The van der Waals surface area contributed by atoms with Crippen molar-refractivity contribution in [1.82, 2.24) is 4.90 Å². The van der Waals surface area contributed by atoms with Crippen molar-refractivity contribution in [1.29, 1.82) is 0 Å². The van der Waals surface area contributed by atoms with Crippen molar-refractivity contribution in [3.05, 3.63) is 80.6 Å². The second-order valence-corrected chi connectivity index (χ2v) is 8.65. The lowest BCUT2D eigenvalue weighted by atomic mass is 10.2. The Bertz CT molecular complexity index is 928. The molecule has 0 aromatic heterocycles. The van der Waals surface area contributed by atoms with Crippen LogP contribution in [0.2, 0.25) is 5.02 Å². The molecule has 1 amide bonds. The number of halogens is 2. The molecule has 0 saturated carbocycles. The number of ether oxygens (including phenoxy) is 1. The molecular formula is C20H15BrClNO2S2. The van der Waals surface area contributed by atoms with E-state index in [0.717, 1.165) is 21.3 Å². The first-order chi connectivity index (χ1) is 13.0. The van der Waals surface area contributed by atoms with Gasteiger partial charge in [0, 0.05) is 11.6 Å². The normalized spacial score (nSPS) is 15.5. The van der Waals surface area contributed by atoms with Gasteiger partial charge in [0.05, 0.1) is 9.38 Å². The Morgan fingerprint density at radius 3 is 2.67 bits per heavy atom. The van der Waals surface area contributed by atoms with Gasteiger partial charge in [0.25, 0.3) is 5.91 Å². The molecule has 1 saturated heterocycles. The van der Waals surface area contributed by atoms with E-state index in [1.54, 1.807) is 6.08 Å². The first-order valence-electron chi connectivity index (χ1n) is 8.01. The number of thiocarbonyl (C=S) groups is 1. The van der Waals surface area contributed by atoms with Crippen molar-refractivity contribution in [2.75, 3.05) is 6.54 Å². The molecule has 3 nitrogen and oxygen atoms in total. The minimum absolute atomic E-state index is 0.0934. The van der Waals surface area contributed by atoms with E-state index in [-0.39, 0.29) is 5.91 Å². The van der Waals surface area contributed by atoms with Gasteiger partial charge in [0.1, 0.15) is 16.7 Å². The summed E-state index contributed by atoms with van der Waals surface area (Å²) in [5.41, 5.74) is 1.92. The molecule has 0 spiro atoms. The highest BCUT2D eigenvalue weighted by molar-refractivity contribution is 9.10. The lowest BCUT2D eigenvalue weighted by Crippen LogP contribution is -2.27. The zero-order chi connectivity index (χ0) is 19.4. The second kappa shape index (κ2) is 9.06. The molecular weight excluding hydrogens is 466 g/mol. The summed E-state index contributed by atoms with van der Waals surface area (Å²) in [6, 6.07) is 13.2. The van der Waals surface area contributed by atoms with Crippen molar-refractivity contribution in [3.8, 4) is 5.75 Å². The number of hydrogen-bond donors (Lipinski definition) is 0. The summed E-state index contributed by atoms with van der Waals surface area (Å²) < 4.78 is 7.21. The highest BCUT2D eigenvalue weighted by Crippen LogP contribution is 2.34. The van der Waals surface area contributed by atoms with E-state index >= 15 is 0 Å². The smallest absolute Gasteiger partial charge is 0.266 e. The Kier molecular flexibility index (Phi) is 6.76. The number of nitrogens with zero attached hydrogens (tertiary/aromatic N) is 1. The Morgan fingerprint density at radius 2 is 2.00 bits per heavy atom. The minimum atomic E-state index is -0.0934. The standard InChI is InChI=1S/C20H15BrClNO2S2/c1-2-9-23-19(24)18(27-20(23)26)11-14-5-8-17(16(21)10-14)25-12-13-3-6-15(22)7-4-13/h2-8,10-11H,1,9,12H2. The number of carbonyl (C=O) groups excluding carboxylic acids is 1. The van der Waals surface area contributed by atoms with Gasteiger partial charge in [-0.2, -0.15) is 0 Å². The average Bonchev–Trinajstić information content (AvgIpc) is 2.90. The van der Waals surface area contributed by atoms with Crippen LogP contribution in [0.25, 0.3) is 6.08 Å². The van der Waals surface area contributed by atoms with Crippen LogP contribution in [0.15, 0.2) is 64.5 Å². The van der Waals surface area contributed by atoms with Gasteiger partial charge in [-0.15, -0.1) is 6.58 Å². The summed E-state index contributed by atoms with van der Waals surface area (Å²) in [4.78, 5) is 14.5. The van der Waals surface area contributed by atoms with Crippen LogP contribution in [-0.4, -0.2) is 21.7 Å². The fraction of sp³-hybridized carbons (Fsp3) is 0.100. The molecule has 0 atom stereocenters. The number of thioether (sulfide) groups is 1. The van der Waals surface area contributed by atoms with Gasteiger partial charge in [0.15, 0.2) is 0 Å². The van der Waals surface area contributed by atoms with E-state index in [4.69, 9.17) is 28.6 Å². The third-order valence-corrected chi connectivity index (χ3v) is 6.00. The van der Waals surface area contributed by atoms with E-state index in [1.165, 1.54) is 16.7 Å². The summed E-state index contributed by atoms with van der Waals surface area (Å²) in [6.07, 6.45) is 3.49. The van der Waals surface area contributed by atoms with Crippen molar-refractivity contribution < 1.29 is 9.53 Å². The Hall–Kier alpha value is -1.60. The Labute approximate surface area is 181 Å². The van der Waals surface area contributed by atoms with Gasteiger partial charge in [-0.3, -0.25) is 9.69 Å². The fourth-order valence-corrected chi connectivity index (χ4v) is 4.32. The van der Waals surface area contributed by atoms with Crippen molar-refractivity contribution in [3.63, 3.8) is 0 Å². The first kappa shape index (κ1) is 20.1. The molecule has 2 aromatic carbocycles. The summed E-state index contributed by atoms with van der Waals surface area (Å²) in [5, 5.41) is 0.697. The van der Waals surface area contributed by atoms with Crippen LogP contribution >= 0.6 is 51.5 Å². The third-order valence-electron chi connectivity index (χ3n) is 3.75. The maximum absolute atomic E-state index is 12.4. The molecule has 1 aliphatic heterocycles. The van der Waals surface area contributed by atoms with Gasteiger partial charge in [-0.05, 0) is 57.4 Å². The molecule has 2 aromatic rings. The molecule has 27 heavy (non-hydrogen) atoms. The molecule has 1 fully saturated rings. The molecule has 1 heterocycles. The molecule has 138 valence electrons. The number of benzene rings is 2. The molecule has 0 radical (unpaired) electrons. The van der Waals surface area contributed by atoms with Gasteiger partial charge in [0.2, 0.25) is 0 Å². The first-order valence-corrected chi connectivity index (χ1v) is 10.4. The van der Waals surface area contributed by atoms with Crippen LogP contribution in [0.1, 0.15) is 11.1 Å². The van der Waals surface area contributed by atoms with E-state index in [1.807, 2.05) is 48.5 Å². The molecule has 7 heteroatoms. The highest BCUT2D eigenvalue weighted by atomic mass is 79.9. The van der Waals surface area contributed by atoms with E-state index in [2.05, 4.69) is 22.5 Å². The molecule has 0 aliphatic carbocycles. The zero-order valence-electron chi connectivity index (χ0n) is 14.2. The van der Waals surface area contributed by atoms with E-state index < -0.39 is 0 Å². The van der Waals surface area contributed by atoms with E-state index in [9.17, 15) is 4.79 Å². The SMILES string of the molecule is C=CCN1C(=O)C(=Cc2ccc(OCc3ccc(Cl)cc3)c(Br)c2)SC1=S. The average molecular weight is 481 g/mol. The van der Waals surface area contributed by atoms with Crippen molar-refractivity contribution >= 4 is 67.8 Å². The zero-order valence-corrected chi connectivity index (χ0v) is 18.1. The van der Waals surface area contributed by atoms with Gasteiger partial charge in [-0.25, -0.2) is 0 Å². The molecule has 0 N–H and O–H groups in total. The highest BCUT2D eigenvalue weighted by Gasteiger charge is 2.30. The van der Waals surface area contributed by atoms with E-state index in [0.29, 0.717) is 27.4 Å². The second-order valence-electron chi connectivity index (χ2n) is 5.69. The largest absolute Gasteiger partial charge is 0.488 e. The quantitative estimate of drug-likeness (QED) is 0.285. The van der Waals surface area contributed by atoms with Crippen LogP contribution in [0.5, 0.6) is 5.75 Å². The lowest BCUT2D eigenvalue weighted by molar-refractivity contribution is -0.121. The summed E-state index contributed by atoms with van der Waals surface area (Å²) in [5.74, 6) is 0.630. The number of amides is 1. The maximum atomic E-state index is 12.4. The third kappa shape index (κ3) is 5.02. The predicted octanol–water partition coefficient (Wildman–Crippen LogP) is 6.07. The van der Waals surface area contributed by atoms with Gasteiger partial charge >= 0.3 is 0 Å². The summed E-state index contributed by atoms with van der Waals surface area (Å²) >= 11 is 16.0. The van der Waals surface area contributed by atoms with Crippen molar-refractivity contribution in [2.24, 2.45) is 0 Å². The lowest BCUT2D eigenvalue weighted by Gasteiger charge is -2.10. The Balaban J connectivity index is 1.71.